The summed E-state index contributed by atoms with van der Waals surface area (Å²) in [6.45, 7) is 8.68. The van der Waals surface area contributed by atoms with Gasteiger partial charge in [0, 0.05) is 28.5 Å². The maximum Gasteiger partial charge on any atom is 0.324 e. The van der Waals surface area contributed by atoms with Crippen LogP contribution in [-0.2, 0) is 24.9 Å². The van der Waals surface area contributed by atoms with E-state index in [1.54, 1.807) is 17.1 Å². The molecule has 3 aromatic heterocycles. The van der Waals surface area contributed by atoms with Crippen molar-refractivity contribution in [1.82, 2.24) is 24.7 Å². The largest absolute Gasteiger partial charge is 0.488 e. The molecular formula is C38H38N8O2. The number of fused-ring (bicyclic) bond motifs is 2. The number of benzene rings is 3. The third-order valence-corrected chi connectivity index (χ3v) is 8.36. The van der Waals surface area contributed by atoms with E-state index in [2.05, 4.69) is 46.7 Å². The van der Waals surface area contributed by atoms with Crippen molar-refractivity contribution in [3.63, 3.8) is 0 Å². The van der Waals surface area contributed by atoms with E-state index in [1.165, 1.54) is 0 Å². The van der Waals surface area contributed by atoms with E-state index in [0.29, 0.717) is 35.5 Å². The van der Waals surface area contributed by atoms with Crippen LogP contribution in [-0.4, -0.2) is 30.8 Å². The Labute approximate surface area is 279 Å². The third-order valence-electron chi connectivity index (χ3n) is 8.36. The highest BCUT2D eigenvalue weighted by atomic mass is 16.5. The normalized spacial score (nSPS) is 12.5. The number of hydrogen-bond donors (Lipinski definition) is 3. The van der Waals surface area contributed by atoms with Crippen molar-refractivity contribution in [2.45, 2.75) is 59.0 Å². The first-order valence-electron chi connectivity index (χ1n) is 16.2. The molecule has 10 nitrogen and oxygen atoms in total. The summed E-state index contributed by atoms with van der Waals surface area (Å²) >= 11 is 0. The van der Waals surface area contributed by atoms with Gasteiger partial charge in [0.25, 0.3) is 0 Å². The highest BCUT2D eigenvalue weighted by molar-refractivity contribution is 6.07. The average molecular weight is 639 g/mol. The number of ether oxygens (including phenoxy) is 1. The molecule has 0 aliphatic heterocycles. The first kappa shape index (κ1) is 30.9. The average Bonchev–Trinajstić information content (AvgIpc) is 3.72. The quantitative estimate of drug-likeness (QED) is 0.154. The van der Waals surface area contributed by atoms with Crippen LogP contribution in [0.25, 0.3) is 16.5 Å². The fraction of sp³-hybridized carbons (Fsp3) is 0.237. The van der Waals surface area contributed by atoms with Crippen LogP contribution in [0.4, 0.5) is 27.9 Å². The number of nitrogens with zero attached hydrogens (tertiary/aromatic N) is 5. The Bertz CT molecular complexity index is 2110. The summed E-state index contributed by atoms with van der Waals surface area (Å²) in [4.78, 5) is 27.1. The summed E-state index contributed by atoms with van der Waals surface area (Å²) in [6, 6.07) is 25.1. The van der Waals surface area contributed by atoms with E-state index >= 15 is 0 Å². The van der Waals surface area contributed by atoms with Gasteiger partial charge in [0.15, 0.2) is 0 Å². The van der Waals surface area contributed by atoms with E-state index < -0.39 is 0 Å². The van der Waals surface area contributed by atoms with E-state index in [-0.39, 0.29) is 11.4 Å². The predicted molar refractivity (Wildman–Crippen MR) is 189 cm³/mol. The number of aromatic nitrogens is 5. The van der Waals surface area contributed by atoms with Crippen LogP contribution in [0.3, 0.4) is 0 Å². The van der Waals surface area contributed by atoms with Crippen LogP contribution in [0.2, 0.25) is 0 Å². The second-order valence-electron chi connectivity index (χ2n) is 13.1. The highest BCUT2D eigenvalue weighted by Crippen LogP contribution is 2.33. The molecule has 3 heterocycles. The van der Waals surface area contributed by atoms with Crippen LogP contribution >= 0.6 is 0 Å². The minimum Gasteiger partial charge on any atom is -0.488 e. The molecule has 0 unspecified atom stereocenters. The van der Waals surface area contributed by atoms with Crippen molar-refractivity contribution in [3.8, 4) is 11.4 Å². The Balaban J connectivity index is 1.06. The summed E-state index contributed by atoms with van der Waals surface area (Å²) in [7, 11) is 0. The summed E-state index contributed by atoms with van der Waals surface area (Å²) < 4.78 is 8.08. The van der Waals surface area contributed by atoms with Crippen LogP contribution < -0.4 is 20.7 Å². The van der Waals surface area contributed by atoms with Gasteiger partial charge in [-0.1, -0.05) is 62.7 Å². The molecule has 0 atom stereocenters. The number of nitrogens with one attached hydrogen (secondary N) is 3. The minimum absolute atomic E-state index is 0.195. The number of hydrogen-bond acceptors (Lipinski definition) is 7. The number of urea groups is 1. The second-order valence-corrected chi connectivity index (χ2v) is 13.1. The maximum absolute atomic E-state index is 13.4. The number of anilines is 4. The van der Waals surface area contributed by atoms with Crippen molar-refractivity contribution < 1.29 is 9.53 Å². The van der Waals surface area contributed by atoms with Gasteiger partial charge in [0.05, 0.1) is 34.7 Å². The first-order valence-corrected chi connectivity index (χ1v) is 16.2. The molecule has 3 N–H and O–H groups in total. The zero-order chi connectivity index (χ0) is 33.3. The third kappa shape index (κ3) is 6.69. The van der Waals surface area contributed by atoms with Gasteiger partial charge >= 0.3 is 6.03 Å². The van der Waals surface area contributed by atoms with Gasteiger partial charge < -0.3 is 15.4 Å². The van der Waals surface area contributed by atoms with Gasteiger partial charge in [-0.2, -0.15) is 5.10 Å². The number of amides is 2. The zero-order valence-corrected chi connectivity index (χ0v) is 27.5. The molecule has 0 radical (unpaired) electrons. The van der Waals surface area contributed by atoms with E-state index in [9.17, 15) is 4.79 Å². The number of carbonyl (C=O) groups is 1. The Morgan fingerprint density at radius 1 is 0.875 bits per heavy atom. The van der Waals surface area contributed by atoms with Gasteiger partial charge in [0.1, 0.15) is 29.8 Å². The van der Waals surface area contributed by atoms with Crippen molar-refractivity contribution in [2.24, 2.45) is 0 Å². The van der Waals surface area contributed by atoms with Gasteiger partial charge in [-0.3, -0.25) is 10.3 Å². The van der Waals surface area contributed by atoms with Gasteiger partial charge in [-0.05, 0) is 68.1 Å². The Morgan fingerprint density at radius 3 is 2.48 bits per heavy atom. The van der Waals surface area contributed by atoms with Crippen LogP contribution in [0.5, 0.6) is 5.75 Å². The van der Waals surface area contributed by atoms with Crippen molar-refractivity contribution >= 4 is 39.9 Å². The monoisotopic (exact) mass is 638 g/mol. The van der Waals surface area contributed by atoms with Crippen molar-refractivity contribution in [2.75, 3.05) is 16.0 Å². The lowest BCUT2D eigenvalue weighted by Crippen LogP contribution is -2.21. The van der Waals surface area contributed by atoms with Gasteiger partial charge in [0.2, 0.25) is 0 Å². The highest BCUT2D eigenvalue weighted by Gasteiger charge is 2.22. The molecule has 6 aromatic rings. The maximum atomic E-state index is 13.4. The minimum atomic E-state index is -0.368. The Kier molecular flexibility index (Phi) is 8.22. The number of carbonyl (C=O) groups excluding carboxylic acids is 1. The zero-order valence-electron chi connectivity index (χ0n) is 27.5. The van der Waals surface area contributed by atoms with Gasteiger partial charge in [-0.15, -0.1) is 0 Å². The molecule has 0 bridgehead atoms. The Hall–Kier alpha value is -5.77. The Morgan fingerprint density at radius 2 is 1.67 bits per heavy atom. The van der Waals surface area contributed by atoms with E-state index in [4.69, 9.17) is 14.8 Å². The second kappa shape index (κ2) is 12.8. The van der Waals surface area contributed by atoms with Crippen molar-refractivity contribution in [3.05, 3.63) is 119 Å². The predicted octanol–water partition coefficient (Wildman–Crippen LogP) is 8.27. The fourth-order valence-corrected chi connectivity index (χ4v) is 5.77. The first-order chi connectivity index (χ1) is 23.2. The number of rotatable bonds is 8. The van der Waals surface area contributed by atoms with Crippen molar-refractivity contribution in [1.29, 1.82) is 0 Å². The smallest absolute Gasteiger partial charge is 0.324 e. The molecule has 242 valence electrons. The number of aryl methyl sites for hydroxylation is 3. The molecule has 1 aliphatic rings. The van der Waals surface area contributed by atoms with Crippen LogP contribution in [0.1, 0.15) is 55.4 Å². The molecule has 2 amide bonds. The molecule has 10 heteroatoms. The van der Waals surface area contributed by atoms with E-state index in [0.717, 1.165) is 63.9 Å². The summed E-state index contributed by atoms with van der Waals surface area (Å²) in [5.41, 5.74) is 6.46. The lowest BCUT2D eigenvalue weighted by atomic mass is 9.92. The summed E-state index contributed by atoms with van der Waals surface area (Å²) in [5.74, 6) is 2.66. The summed E-state index contributed by atoms with van der Waals surface area (Å²) in [5, 5.41) is 15.9. The molecule has 48 heavy (non-hydrogen) atoms. The molecule has 0 saturated heterocycles. The summed E-state index contributed by atoms with van der Waals surface area (Å²) in [6.07, 6.45) is 6.57. The lowest BCUT2D eigenvalue weighted by molar-refractivity contribution is 0.262. The fourth-order valence-electron chi connectivity index (χ4n) is 5.77. The van der Waals surface area contributed by atoms with Crippen LogP contribution in [0.15, 0.2) is 91.3 Å². The molecule has 1 aliphatic carbocycles. The van der Waals surface area contributed by atoms with Gasteiger partial charge in [-0.25, -0.2) is 19.4 Å². The van der Waals surface area contributed by atoms with Crippen LogP contribution in [0, 0.1) is 6.92 Å². The topological polar surface area (TPSA) is 119 Å². The molecule has 7 rings (SSSR count). The molecule has 3 aromatic carbocycles. The SMILES string of the molecule is Cc1ccc(-n2nc(C(C)(C)C)cc2NC(=O)Nc2ccc(OCc3ccnc(Nc4cnc5c(n4)CCC5)c3)c3ccccc23)cc1. The number of pyridine rings is 1. The standard InChI is InChI=1S/C38H38N8O2/c1-24-12-14-26(15-13-24)46-36(21-33(45-46)38(2,3)4)44-37(47)42-29-16-17-32(28-9-6-5-8-27(28)29)48-23-25-18-19-39-34(20-25)43-35-22-40-30-10-7-11-31(30)41-35/h5-6,8-9,12-22H,7,10-11,23H2,1-4H3,(H,39,41,43)(H2,42,44,47). The molecule has 0 fully saturated rings. The molecule has 0 spiro atoms. The lowest BCUT2D eigenvalue weighted by Gasteiger charge is -2.15. The van der Waals surface area contributed by atoms with E-state index in [1.807, 2.05) is 85.8 Å². The molecule has 0 saturated carbocycles. The molecular weight excluding hydrogens is 600 g/mol.